The zero-order valence-corrected chi connectivity index (χ0v) is 5.00. The van der Waals surface area contributed by atoms with E-state index in [1.165, 1.54) is 0 Å². The minimum atomic E-state index is -0.205. The molecule has 9 heavy (non-hydrogen) atoms. The number of nitrogens with zero attached hydrogens (tertiary/aromatic N) is 1. The Morgan fingerprint density at radius 1 is 1.67 bits per heavy atom. The molecule has 48 valence electrons. The van der Waals surface area contributed by atoms with Gasteiger partial charge in [-0.2, -0.15) is 0 Å². The average molecular weight is 124 g/mol. The Morgan fingerprint density at radius 3 is 2.89 bits per heavy atom. The summed E-state index contributed by atoms with van der Waals surface area (Å²) in [5, 5.41) is 0. The summed E-state index contributed by atoms with van der Waals surface area (Å²) in [6, 6.07) is 0. The molecule has 0 atom stereocenters. The zero-order chi connectivity index (χ0) is 6.32. The number of hydrogen-bond acceptors (Lipinski definition) is 3. The molecular formula is C6H8N2O. The Labute approximate surface area is 52.9 Å². The topological polar surface area (TPSA) is 52.0 Å². The molecule has 1 aliphatic carbocycles. The molecule has 0 amide bonds. The van der Waals surface area contributed by atoms with Gasteiger partial charge < -0.3 is 10.2 Å². The summed E-state index contributed by atoms with van der Waals surface area (Å²) < 4.78 is 5.02. The van der Waals surface area contributed by atoms with Gasteiger partial charge >= 0.3 is 0 Å². The third-order valence-electron chi connectivity index (χ3n) is 1.65. The van der Waals surface area contributed by atoms with E-state index in [-0.39, 0.29) is 5.54 Å². The molecule has 0 radical (unpaired) electrons. The molecule has 1 saturated carbocycles. The molecule has 0 spiro atoms. The van der Waals surface area contributed by atoms with Crippen LogP contribution >= 0.6 is 0 Å². The lowest BCUT2D eigenvalue weighted by Crippen LogP contribution is -2.18. The second-order valence-electron chi connectivity index (χ2n) is 2.49. The highest BCUT2D eigenvalue weighted by Crippen LogP contribution is 2.41. The van der Waals surface area contributed by atoms with Crippen LogP contribution in [-0.4, -0.2) is 4.98 Å². The van der Waals surface area contributed by atoms with Crippen LogP contribution in [0, 0.1) is 0 Å². The van der Waals surface area contributed by atoms with Crippen LogP contribution in [0.2, 0.25) is 0 Å². The first kappa shape index (κ1) is 4.99. The minimum absolute atomic E-state index is 0.205. The fourth-order valence-electron chi connectivity index (χ4n) is 0.818. The number of aromatic nitrogens is 1. The van der Waals surface area contributed by atoms with E-state index < -0.39 is 0 Å². The summed E-state index contributed by atoms with van der Waals surface area (Å²) in [5.41, 5.74) is 5.55. The minimum Gasteiger partial charge on any atom is -0.447 e. The molecule has 1 heterocycles. The highest BCUT2D eigenvalue weighted by molar-refractivity contribution is 5.10. The maximum Gasteiger partial charge on any atom is 0.214 e. The second kappa shape index (κ2) is 1.36. The first-order chi connectivity index (χ1) is 4.31. The van der Waals surface area contributed by atoms with E-state index in [4.69, 9.17) is 10.2 Å². The smallest absolute Gasteiger partial charge is 0.214 e. The maximum absolute atomic E-state index is 5.76. The van der Waals surface area contributed by atoms with Crippen LogP contribution in [0.15, 0.2) is 16.9 Å². The monoisotopic (exact) mass is 124 g/mol. The Hall–Kier alpha value is -0.830. The van der Waals surface area contributed by atoms with Gasteiger partial charge in [-0.15, -0.1) is 0 Å². The van der Waals surface area contributed by atoms with E-state index in [9.17, 15) is 0 Å². The van der Waals surface area contributed by atoms with E-state index in [2.05, 4.69) is 4.98 Å². The van der Waals surface area contributed by atoms with Gasteiger partial charge in [0.1, 0.15) is 6.26 Å². The van der Waals surface area contributed by atoms with Crippen LogP contribution in [0.3, 0.4) is 0 Å². The molecule has 0 bridgehead atoms. The molecule has 0 unspecified atom stereocenters. The van der Waals surface area contributed by atoms with Crippen LogP contribution in [0.4, 0.5) is 0 Å². The van der Waals surface area contributed by atoms with Gasteiger partial charge in [-0.25, -0.2) is 4.98 Å². The lowest BCUT2D eigenvalue weighted by molar-refractivity contribution is 0.440. The Bertz CT molecular complexity index is 201. The third kappa shape index (κ3) is 0.650. The van der Waals surface area contributed by atoms with Gasteiger partial charge in [0.15, 0.2) is 0 Å². The summed E-state index contributed by atoms with van der Waals surface area (Å²) in [5.74, 6) is 0.683. The normalized spacial score (nSPS) is 21.9. The molecule has 0 saturated heterocycles. The molecule has 1 aromatic rings. The van der Waals surface area contributed by atoms with E-state index in [0.717, 1.165) is 12.8 Å². The summed E-state index contributed by atoms with van der Waals surface area (Å²) >= 11 is 0. The fraction of sp³-hybridized carbons (Fsp3) is 0.500. The quantitative estimate of drug-likeness (QED) is 0.597. The largest absolute Gasteiger partial charge is 0.447 e. The summed E-state index contributed by atoms with van der Waals surface area (Å²) in [4.78, 5) is 3.96. The van der Waals surface area contributed by atoms with Gasteiger partial charge in [0.2, 0.25) is 5.89 Å². The lowest BCUT2D eigenvalue weighted by Gasteiger charge is -1.98. The van der Waals surface area contributed by atoms with E-state index in [1.54, 1.807) is 12.5 Å². The average Bonchev–Trinajstić information content (AvgIpc) is 2.46. The van der Waals surface area contributed by atoms with E-state index >= 15 is 0 Å². The standard InChI is InChI=1S/C6H8N2O/c7-6(1-2-6)5-8-3-4-9-5/h3-4H,1-2,7H2. The van der Waals surface area contributed by atoms with Crippen molar-refractivity contribution in [1.29, 1.82) is 0 Å². The van der Waals surface area contributed by atoms with Crippen molar-refractivity contribution in [3.8, 4) is 0 Å². The Morgan fingerprint density at radius 2 is 2.44 bits per heavy atom. The molecule has 2 rings (SSSR count). The lowest BCUT2D eigenvalue weighted by atomic mass is 10.3. The molecule has 3 heteroatoms. The van der Waals surface area contributed by atoms with Crippen LogP contribution in [0.1, 0.15) is 18.7 Å². The summed E-state index contributed by atoms with van der Waals surface area (Å²) in [6.45, 7) is 0. The predicted octanol–water partition coefficient (Wildman–Crippen LogP) is 0.622. The highest BCUT2D eigenvalue weighted by atomic mass is 16.3. The molecular weight excluding hydrogens is 116 g/mol. The molecule has 0 aliphatic heterocycles. The van der Waals surface area contributed by atoms with Gasteiger partial charge in [0, 0.05) is 0 Å². The zero-order valence-electron chi connectivity index (χ0n) is 5.00. The molecule has 1 aromatic heterocycles. The van der Waals surface area contributed by atoms with Gasteiger partial charge in [-0.1, -0.05) is 0 Å². The Kier molecular flexibility index (Phi) is 0.754. The van der Waals surface area contributed by atoms with Gasteiger partial charge in [0.05, 0.1) is 11.7 Å². The van der Waals surface area contributed by atoms with Crippen molar-refractivity contribution in [1.82, 2.24) is 4.98 Å². The van der Waals surface area contributed by atoms with Crippen LogP contribution < -0.4 is 5.73 Å². The number of nitrogens with two attached hydrogens (primary N) is 1. The molecule has 2 N–H and O–H groups in total. The van der Waals surface area contributed by atoms with Crippen molar-refractivity contribution in [2.45, 2.75) is 18.4 Å². The molecule has 1 aliphatic rings. The fourth-order valence-corrected chi connectivity index (χ4v) is 0.818. The van der Waals surface area contributed by atoms with Crippen LogP contribution in [0.25, 0.3) is 0 Å². The molecule has 3 nitrogen and oxygen atoms in total. The summed E-state index contributed by atoms with van der Waals surface area (Å²) in [7, 11) is 0. The van der Waals surface area contributed by atoms with Gasteiger partial charge in [0.25, 0.3) is 0 Å². The van der Waals surface area contributed by atoms with Gasteiger partial charge in [-0.05, 0) is 12.8 Å². The third-order valence-corrected chi connectivity index (χ3v) is 1.65. The first-order valence-electron chi connectivity index (χ1n) is 3.00. The van der Waals surface area contributed by atoms with Gasteiger partial charge in [-0.3, -0.25) is 0 Å². The number of oxazole rings is 1. The van der Waals surface area contributed by atoms with Crippen molar-refractivity contribution in [2.75, 3.05) is 0 Å². The molecule has 1 fully saturated rings. The maximum atomic E-state index is 5.76. The van der Waals surface area contributed by atoms with Crippen molar-refractivity contribution < 1.29 is 4.42 Å². The second-order valence-corrected chi connectivity index (χ2v) is 2.49. The summed E-state index contributed by atoms with van der Waals surface area (Å²) in [6.07, 6.45) is 5.20. The molecule has 0 aromatic carbocycles. The van der Waals surface area contributed by atoms with Crippen LogP contribution in [-0.2, 0) is 5.54 Å². The first-order valence-corrected chi connectivity index (χ1v) is 3.00. The predicted molar refractivity (Wildman–Crippen MR) is 31.6 cm³/mol. The Balaban J connectivity index is 2.34. The number of rotatable bonds is 1. The van der Waals surface area contributed by atoms with Crippen molar-refractivity contribution in [3.05, 3.63) is 18.4 Å². The van der Waals surface area contributed by atoms with Crippen LogP contribution in [0.5, 0.6) is 0 Å². The van der Waals surface area contributed by atoms with Crippen molar-refractivity contribution in [3.63, 3.8) is 0 Å². The van der Waals surface area contributed by atoms with E-state index in [1.807, 2.05) is 0 Å². The van der Waals surface area contributed by atoms with Crippen molar-refractivity contribution >= 4 is 0 Å². The van der Waals surface area contributed by atoms with Crippen molar-refractivity contribution in [2.24, 2.45) is 5.73 Å². The highest BCUT2D eigenvalue weighted by Gasteiger charge is 2.44. The van der Waals surface area contributed by atoms with E-state index in [0.29, 0.717) is 5.89 Å². The SMILES string of the molecule is NC1(c2ncco2)CC1. The number of hydrogen-bond donors (Lipinski definition) is 1.